The van der Waals surface area contributed by atoms with Gasteiger partial charge in [-0.2, -0.15) is 0 Å². The Morgan fingerprint density at radius 2 is 1.97 bits per heavy atom. The second-order valence-corrected chi connectivity index (χ2v) is 9.79. The summed E-state index contributed by atoms with van der Waals surface area (Å²) < 4.78 is 0. The van der Waals surface area contributed by atoms with Crippen molar-refractivity contribution in [2.24, 2.45) is 5.92 Å². The summed E-state index contributed by atoms with van der Waals surface area (Å²) in [5.74, 6) is 0.410. The summed E-state index contributed by atoms with van der Waals surface area (Å²) >= 11 is 1.73. The van der Waals surface area contributed by atoms with Crippen molar-refractivity contribution in [3.63, 3.8) is 0 Å². The number of rotatable bonds is 8. The highest BCUT2D eigenvalue weighted by molar-refractivity contribution is 7.10. The number of hydrogen-bond donors (Lipinski definition) is 3. The zero-order chi connectivity index (χ0) is 22.5. The maximum Gasteiger partial charge on any atom is 0.242 e. The summed E-state index contributed by atoms with van der Waals surface area (Å²) in [5.41, 5.74) is 2.05. The topological polar surface area (TPSA) is 77.2 Å². The van der Waals surface area contributed by atoms with Crippen molar-refractivity contribution in [3.8, 4) is 0 Å². The molecule has 2 atom stereocenters. The maximum absolute atomic E-state index is 13.2. The van der Waals surface area contributed by atoms with Crippen LogP contribution in [0.3, 0.4) is 0 Å². The second-order valence-electron chi connectivity index (χ2n) is 8.81. The van der Waals surface area contributed by atoms with Crippen LogP contribution in [0.2, 0.25) is 0 Å². The lowest BCUT2D eigenvalue weighted by Gasteiger charge is -2.36. The number of benzene rings is 1. The molecule has 1 aromatic carbocycles. The highest BCUT2D eigenvalue weighted by atomic mass is 32.1. The van der Waals surface area contributed by atoms with E-state index in [9.17, 15) is 9.59 Å². The number of carbonyl (C=O) groups is 2. The molecule has 0 bridgehead atoms. The van der Waals surface area contributed by atoms with Crippen LogP contribution in [0, 0.1) is 5.92 Å². The lowest BCUT2D eigenvalue weighted by Crippen LogP contribution is -2.49. The number of likely N-dealkylation sites (tertiary alicyclic amines) is 1. The molecule has 0 radical (unpaired) electrons. The van der Waals surface area contributed by atoms with E-state index >= 15 is 0 Å². The lowest BCUT2D eigenvalue weighted by atomic mass is 9.97. The summed E-state index contributed by atoms with van der Waals surface area (Å²) in [6.07, 6.45) is 4.74. The van der Waals surface area contributed by atoms with Gasteiger partial charge in [0.2, 0.25) is 11.8 Å². The zero-order valence-corrected chi connectivity index (χ0v) is 19.6. The van der Waals surface area contributed by atoms with E-state index in [4.69, 9.17) is 0 Å². The predicted molar refractivity (Wildman–Crippen MR) is 130 cm³/mol. The SMILES string of the molecule is CC(=O)N[C@@H](Cc1c[nH]c2ccccc12)C(=O)NC[C@@H](c1cccs1)N1CCC(C)CC1. The number of thiophene rings is 1. The summed E-state index contributed by atoms with van der Waals surface area (Å²) in [5, 5.41) is 9.17. The van der Waals surface area contributed by atoms with Crippen LogP contribution in [0.15, 0.2) is 48.0 Å². The van der Waals surface area contributed by atoms with E-state index in [0.29, 0.717) is 13.0 Å². The van der Waals surface area contributed by atoms with E-state index in [-0.39, 0.29) is 17.9 Å². The maximum atomic E-state index is 13.2. The lowest BCUT2D eigenvalue weighted by molar-refractivity contribution is -0.128. The Kier molecular flexibility index (Phi) is 7.27. The van der Waals surface area contributed by atoms with Crippen LogP contribution in [0.5, 0.6) is 0 Å². The number of nitrogens with zero attached hydrogens (tertiary/aromatic N) is 1. The average Bonchev–Trinajstić information content (AvgIpc) is 3.45. The quantitative estimate of drug-likeness (QED) is 0.486. The number of piperidine rings is 1. The largest absolute Gasteiger partial charge is 0.361 e. The third-order valence-corrected chi connectivity index (χ3v) is 7.37. The molecule has 3 aromatic rings. The van der Waals surface area contributed by atoms with Gasteiger partial charge in [0.05, 0.1) is 6.04 Å². The van der Waals surface area contributed by atoms with Crippen molar-refractivity contribution in [1.82, 2.24) is 20.5 Å². The molecule has 0 unspecified atom stereocenters. The van der Waals surface area contributed by atoms with Gasteiger partial charge in [-0.25, -0.2) is 0 Å². The summed E-state index contributed by atoms with van der Waals surface area (Å²) in [6.45, 7) is 6.40. The molecule has 7 heteroatoms. The van der Waals surface area contributed by atoms with Crippen molar-refractivity contribution >= 4 is 34.1 Å². The minimum Gasteiger partial charge on any atom is -0.361 e. The molecular weight excluding hydrogens is 420 g/mol. The number of para-hydroxylation sites is 1. The fourth-order valence-corrected chi connectivity index (χ4v) is 5.39. The number of aromatic nitrogens is 1. The molecule has 4 rings (SSSR count). The van der Waals surface area contributed by atoms with Crippen molar-refractivity contribution in [2.45, 2.75) is 45.2 Å². The Labute approximate surface area is 193 Å². The molecule has 1 aliphatic heterocycles. The smallest absolute Gasteiger partial charge is 0.242 e. The van der Waals surface area contributed by atoms with Gasteiger partial charge in [0.25, 0.3) is 0 Å². The van der Waals surface area contributed by atoms with Crippen molar-refractivity contribution in [3.05, 3.63) is 58.4 Å². The first kappa shape index (κ1) is 22.6. The first-order chi connectivity index (χ1) is 15.5. The van der Waals surface area contributed by atoms with Crippen LogP contribution in [0.25, 0.3) is 10.9 Å². The van der Waals surface area contributed by atoms with Gasteiger partial charge in [0.15, 0.2) is 0 Å². The summed E-state index contributed by atoms with van der Waals surface area (Å²) in [7, 11) is 0. The molecule has 1 aliphatic rings. The fourth-order valence-electron chi connectivity index (χ4n) is 4.53. The number of H-pyrrole nitrogens is 1. The highest BCUT2D eigenvalue weighted by Gasteiger charge is 2.27. The zero-order valence-electron chi connectivity index (χ0n) is 18.8. The fraction of sp³-hybridized carbons (Fsp3) is 0.440. The van der Waals surface area contributed by atoms with Crippen molar-refractivity contribution < 1.29 is 9.59 Å². The van der Waals surface area contributed by atoms with Gasteiger partial charge in [0, 0.05) is 41.9 Å². The van der Waals surface area contributed by atoms with Crippen LogP contribution < -0.4 is 10.6 Å². The van der Waals surface area contributed by atoms with Crippen LogP contribution in [0.4, 0.5) is 0 Å². The van der Waals surface area contributed by atoms with E-state index in [1.807, 2.05) is 30.5 Å². The number of hydrogen-bond acceptors (Lipinski definition) is 4. The monoisotopic (exact) mass is 452 g/mol. The predicted octanol–water partition coefficient (Wildman–Crippen LogP) is 3.87. The van der Waals surface area contributed by atoms with Gasteiger partial charge in [0.1, 0.15) is 6.04 Å². The Bertz CT molecular complexity index is 1040. The molecule has 32 heavy (non-hydrogen) atoms. The van der Waals surface area contributed by atoms with Crippen LogP contribution >= 0.6 is 11.3 Å². The van der Waals surface area contributed by atoms with Crippen molar-refractivity contribution in [2.75, 3.05) is 19.6 Å². The normalized spacial score (nSPS) is 17.2. The number of fused-ring (bicyclic) bond motifs is 1. The Hall–Kier alpha value is -2.64. The third-order valence-electron chi connectivity index (χ3n) is 6.39. The molecule has 0 saturated carbocycles. The molecule has 6 nitrogen and oxygen atoms in total. The van der Waals surface area contributed by atoms with Gasteiger partial charge >= 0.3 is 0 Å². The molecule has 2 aromatic heterocycles. The summed E-state index contributed by atoms with van der Waals surface area (Å²) in [6, 6.07) is 11.8. The minimum absolute atomic E-state index is 0.141. The molecule has 0 spiro atoms. The number of aromatic amines is 1. The van der Waals surface area contributed by atoms with E-state index in [1.165, 1.54) is 24.6 Å². The van der Waals surface area contributed by atoms with Crippen LogP contribution in [0.1, 0.15) is 43.2 Å². The molecule has 1 fully saturated rings. The third kappa shape index (κ3) is 5.40. The molecule has 1 saturated heterocycles. The number of carbonyl (C=O) groups excluding carboxylic acids is 2. The molecular formula is C25H32N4O2S. The second kappa shape index (κ2) is 10.3. The minimum atomic E-state index is -0.614. The Balaban J connectivity index is 1.46. The highest BCUT2D eigenvalue weighted by Crippen LogP contribution is 2.29. The Morgan fingerprint density at radius 3 is 2.69 bits per heavy atom. The number of amides is 2. The average molecular weight is 453 g/mol. The van der Waals surface area contributed by atoms with Gasteiger partial charge < -0.3 is 15.6 Å². The van der Waals surface area contributed by atoms with Crippen molar-refractivity contribution in [1.29, 1.82) is 0 Å². The van der Waals surface area contributed by atoms with E-state index in [2.05, 4.69) is 45.0 Å². The first-order valence-corrected chi connectivity index (χ1v) is 12.3. The molecule has 0 aliphatic carbocycles. The first-order valence-electron chi connectivity index (χ1n) is 11.4. The summed E-state index contributed by atoms with van der Waals surface area (Å²) in [4.78, 5) is 32.1. The van der Waals surface area contributed by atoms with Gasteiger partial charge in [-0.3, -0.25) is 14.5 Å². The molecule has 3 N–H and O–H groups in total. The van der Waals surface area contributed by atoms with Crippen LogP contribution in [-0.4, -0.2) is 47.4 Å². The molecule has 170 valence electrons. The van der Waals surface area contributed by atoms with Gasteiger partial charge in [-0.05, 0) is 54.9 Å². The van der Waals surface area contributed by atoms with E-state index in [1.54, 1.807) is 11.3 Å². The van der Waals surface area contributed by atoms with Gasteiger partial charge in [-0.15, -0.1) is 11.3 Å². The van der Waals surface area contributed by atoms with Crippen LogP contribution in [-0.2, 0) is 16.0 Å². The number of nitrogens with one attached hydrogen (secondary N) is 3. The standard InChI is InChI=1S/C25H32N4O2S/c1-17-9-11-29(12-10-17)23(24-8-5-13-32-24)16-27-25(31)22(28-18(2)30)14-19-15-26-21-7-4-3-6-20(19)21/h3-8,13,15,17,22-23,26H,9-12,14,16H2,1-2H3,(H,27,31)(H,28,30)/t22-,23-/m0/s1. The van der Waals surface area contributed by atoms with E-state index < -0.39 is 6.04 Å². The Morgan fingerprint density at radius 1 is 1.19 bits per heavy atom. The molecule has 3 heterocycles. The van der Waals surface area contributed by atoms with Gasteiger partial charge in [-0.1, -0.05) is 31.2 Å². The molecule has 2 amide bonds. The van der Waals surface area contributed by atoms with E-state index in [0.717, 1.165) is 35.5 Å².